The molecule has 0 aromatic heterocycles. The van der Waals surface area contributed by atoms with Crippen LogP contribution >= 0.6 is 0 Å². The summed E-state index contributed by atoms with van der Waals surface area (Å²) in [4.78, 5) is 0. The second kappa shape index (κ2) is 9.80. The van der Waals surface area contributed by atoms with Crippen LogP contribution in [0, 0.1) is 6.92 Å². The normalized spacial score (nSPS) is 13.0. The van der Waals surface area contributed by atoms with Crippen molar-refractivity contribution < 1.29 is 4.74 Å². The highest BCUT2D eigenvalue weighted by molar-refractivity contribution is 5.71. The maximum Gasteiger partial charge on any atom is 0.122 e. The van der Waals surface area contributed by atoms with E-state index in [1.165, 1.54) is 11.1 Å². The fourth-order valence-electron chi connectivity index (χ4n) is 3.00. The fourth-order valence-corrected chi connectivity index (χ4v) is 3.00. The summed E-state index contributed by atoms with van der Waals surface area (Å²) in [5.41, 5.74) is 6.73. The van der Waals surface area contributed by atoms with E-state index in [1.54, 1.807) is 0 Å². The Bertz CT molecular complexity index is 901. The molecule has 144 valence electrons. The Hall–Kier alpha value is -3.00. The maximum atomic E-state index is 5.91. The van der Waals surface area contributed by atoms with Crippen molar-refractivity contribution in [2.45, 2.75) is 33.1 Å². The summed E-state index contributed by atoms with van der Waals surface area (Å²) in [5, 5.41) is 3.38. The number of allylic oxidation sites excluding steroid dienone is 4. The van der Waals surface area contributed by atoms with Crippen LogP contribution in [0.15, 0.2) is 78.5 Å². The summed E-state index contributed by atoms with van der Waals surface area (Å²) in [6.07, 6.45) is 13.8. The molecule has 2 aromatic rings. The molecule has 2 nitrogen and oxygen atoms in total. The van der Waals surface area contributed by atoms with E-state index in [4.69, 9.17) is 4.74 Å². The van der Waals surface area contributed by atoms with Gasteiger partial charge in [0, 0.05) is 11.4 Å². The van der Waals surface area contributed by atoms with Crippen LogP contribution in [0.4, 0.5) is 5.69 Å². The van der Waals surface area contributed by atoms with Crippen LogP contribution in [0.1, 0.15) is 42.9 Å². The first-order valence-electron chi connectivity index (χ1n) is 9.99. The molecule has 0 amide bonds. The Balaban J connectivity index is 1.61. The van der Waals surface area contributed by atoms with Crippen molar-refractivity contribution in [1.29, 1.82) is 0 Å². The molecule has 0 radical (unpaired) electrons. The van der Waals surface area contributed by atoms with Gasteiger partial charge in [0.1, 0.15) is 5.75 Å². The number of hydrogen-bond donors (Lipinski definition) is 1. The third-order valence-electron chi connectivity index (χ3n) is 4.80. The number of nitrogens with one attached hydrogen (secondary N) is 1. The highest BCUT2D eigenvalue weighted by atomic mass is 16.5. The molecule has 0 atom stereocenters. The van der Waals surface area contributed by atoms with Crippen molar-refractivity contribution in [3.8, 4) is 5.75 Å². The van der Waals surface area contributed by atoms with Crippen LogP contribution in [0.5, 0.6) is 5.75 Å². The van der Waals surface area contributed by atoms with Gasteiger partial charge in [-0.2, -0.15) is 0 Å². The van der Waals surface area contributed by atoms with Crippen molar-refractivity contribution in [2.75, 3.05) is 11.9 Å². The van der Waals surface area contributed by atoms with E-state index in [9.17, 15) is 0 Å². The maximum absolute atomic E-state index is 5.91. The smallest absolute Gasteiger partial charge is 0.122 e. The Labute approximate surface area is 168 Å². The second-order valence-electron chi connectivity index (χ2n) is 7.11. The van der Waals surface area contributed by atoms with Gasteiger partial charge in [-0.05, 0) is 60.2 Å². The van der Waals surface area contributed by atoms with E-state index in [0.29, 0.717) is 0 Å². The first-order valence-corrected chi connectivity index (χ1v) is 9.99. The van der Waals surface area contributed by atoms with Crippen LogP contribution < -0.4 is 10.1 Å². The van der Waals surface area contributed by atoms with Crippen LogP contribution in [0.3, 0.4) is 0 Å². The van der Waals surface area contributed by atoms with Gasteiger partial charge in [-0.3, -0.25) is 0 Å². The third kappa shape index (κ3) is 5.50. The molecule has 1 aliphatic carbocycles. The van der Waals surface area contributed by atoms with Crippen LogP contribution in [-0.2, 0) is 0 Å². The zero-order chi connectivity index (χ0) is 19.8. The topological polar surface area (TPSA) is 21.3 Å². The molecular formula is C26H29NO. The lowest BCUT2D eigenvalue weighted by molar-refractivity contribution is 0.307. The summed E-state index contributed by atoms with van der Waals surface area (Å²) < 4.78 is 5.91. The van der Waals surface area contributed by atoms with Crippen molar-refractivity contribution in [1.82, 2.24) is 0 Å². The quantitative estimate of drug-likeness (QED) is 0.373. The molecule has 0 spiro atoms. The number of hydrogen-bond acceptors (Lipinski definition) is 2. The van der Waals surface area contributed by atoms with Crippen LogP contribution in [0.2, 0.25) is 0 Å². The molecule has 0 unspecified atom stereocenters. The third-order valence-corrected chi connectivity index (χ3v) is 4.80. The number of anilines is 1. The van der Waals surface area contributed by atoms with Crippen molar-refractivity contribution in [2.24, 2.45) is 0 Å². The van der Waals surface area contributed by atoms with E-state index in [2.05, 4.69) is 98.6 Å². The Kier molecular flexibility index (Phi) is 6.91. The standard InChI is InChI=1S/C26H29NO/c1-4-5-18-28-26-19-23(11-10-20(26)2)13-12-22-14-16-25(17-15-22)27-21(3)24-8-6-7-9-24/h6-8,10-17,19,27H,3-5,9,18H2,1-2H3/b13-12+. The number of rotatable bonds is 9. The molecule has 1 aliphatic rings. The molecule has 0 saturated heterocycles. The van der Waals surface area contributed by atoms with Gasteiger partial charge in [0.15, 0.2) is 0 Å². The van der Waals surface area contributed by atoms with Crippen molar-refractivity contribution in [3.63, 3.8) is 0 Å². The molecule has 3 rings (SSSR count). The van der Waals surface area contributed by atoms with Crippen molar-refractivity contribution >= 4 is 17.8 Å². The van der Waals surface area contributed by atoms with Gasteiger partial charge in [-0.1, -0.05) is 74.6 Å². The summed E-state index contributed by atoms with van der Waals surface area (Å²) in [5.74, 6) is 0.976. The first-order chi connectivity index (χ1) is 13.7. The Morgan fingerprint density at radius 2 is 1.86 bits per heavy atom. The van der Waals surface area contributed by atoms with Gasteiger partial charge < -0.3 is 10.1 Å². The minimum Gasteiger partial charge on any atom is -0.493 e. The van der Waals surface area contributed by atoms with Gasteiger partial charge in [-0.25, -0.2) is 0 Å². The molecule has 0 heterocycles. The summed E-state index contributed by atoms with van der Waals surface area (Å²) in [6, 6.07) is 14.8. The van der Waals surface area contributed by atoms with E-state index < -0.39 is 0 Å². The minimum absolute atomic E-state index is 0.775. The average molecular weight is 372 g/mol. The van der Waals surface area contributed by atoms with E-state index >= 15 is 0 Å². The van der Waals surface area contributed by atoms with Crippen LogP contribution in [0.25, 0.3) is 12.2 Å². The molecule has 2 heteroatoms. The Morgan fingerprint density at radius 1 is 1.11 bits per heavy atom. The molecule has 0 fully saturated rings. The summed E-state index contributed by atoms with van der Waals surface area (Å²) in [6.45, 7) is 9.17. The SMILES string of the molecule is C=C(Nc1ccc(/C=C/c2ccc(C)c(OCCCC)c2)cc1)C1=CC=CC1. The average Bonchev–Trinajstić information content (AvgIpc) is 3.25. The van der Waals surface area contributed by atoms with Crippen molar-refractivity contribution in [3.05, 3.63) is 95.2 Å². The lowest BCUT2D eigenvalue weighted by Crippen LogP contribution is -1.99. The minimum atomic E-state index is 0.775. The zero-order valence-electron chi connectivity index (χ0n) is 16.9. The summed E-state index contributed by atoms with van der Waals surface area (Å²) in [7, 11) is 0. The number of aryl methyl sites for hydroxylation is 1. The predicted octanol–water partition coefficient (Wildman–Crippen LogP) is 7.16. The Morgan fingerprint density at radius 3 is 2.57 bits per heavy atom. The fraction of sp³-hybridized carbons (Fsp3) is 0.231. The largest absolute Gasteiger partial charge is 0.493 e. The van der Waals surface area contributed by atoms with E-state index in [-0.39, 0.29) is 0 Å². The van der Waals surface area contributed by atoms with Gasteiger partial charge in [0.2, 0.25) is 0 Å². The molecule has 28 heavy (non-hydrogen) atoms. The number of ether oxygens (including phenoxy) is 1. The van der Waals surface area contributed by atoms with Crippen LogP contribution in [-0.4, -0.2) is 6.61 Å². The zero-order valence-corrected chi connectivity index (χ0v) is 16.9. The highest BCUT2D eigenvalue weighted by Gasteiger charge is 2.04. The lowest BCUT2D eigenvalue weighted by atomic mass is 10.1. The van der Waals surface area contributed by atoms with E-state index in [1.807, 2.05) is 0 Å². The molecular weight excluding hydrogens is 342 g/mol. The second-order valence-corrected chi connectivity index (χ2v) is 7.11. The number of benzene rings is 2. The number of unbranched alkanes of at least 4 members (excludes halogenated alkanes) is 1. The predicted molar refractivity (Wildman–Crippen MR) is 122 cm³/mol. The molecule has 0 saturated carbocycles. The van der Waals surface area contributed by atoms with Gasteiger partial charge in [0.25, 0.3) is 0 Å². The van der Waals surface area contributed by atoms with Gasteiger partial charge in [0.05, 0.1) is 6.61 Å². The van der Waals surface area contributed by atoms with Gasteiger partial charge >= 0.3 is 0 Å². The molecule has 2 aromatic carbocycles. The first kappa shape index (κ1) is 19.8. The van der Waals surface area contributed by atoms with Gasteiger partial charge in [-0.15, -0.1) is 0 Å². The molecule has 0 bridgehead atoms. The lowest BCUT2D eigenvalue weighted by Gasteiger charge is -2.11. The molecule has 0 aliphatic heterocycles. The van der Waals surface area contributed by atoms with E-state index in [0.717, 1.165) is 54.1 Å². The molecule has 1 N–H and O–H groups in total. The summed E-state index contributed by atoms with van der Waals surface area (Å²) >= 11 is 0. The monoisotopic (exact) mass is 371 g/mol. The highest BCUT2D eigenvalue weighted by Crippen LogP contribution is 2.23.